The number of fused-ring (bicyclic) bond motifs is 1. The molecule has 1 saturated heterocycles. The molecule has 0 radical (unpaired) electrons. The number of piperidine rings is 1. The minimum atomic E-state index is -1.06. The van der Waals surface area contributed by atoms with Crippen LogP contribution in [0.3, 0.4) is 0 Å². The van der Waals surface area contributed by atoms with E-state index in [1.54, 1.807) is 17.2 Å². The quantitative estimate of drug-likeness (QED) is 0.844. The van der Waals surface area contributed by atoms with E-state index >= 15 is 0 Å². The summed E-state index contributed by atoms with van der Waals surface area (Å²) in [5.41, 5.74) is -0.155. The van der Waals surface area contributed by atoms with Crippen molar-refractivity contribution in [1.29, 1.82) is 0 Å². The molecule has 2 N–H and O–H groups in total. The van der Waals surface area contributed by atoms with Gasteiger partial charge in [0.25, 0.3) is 5.91 Å². The molecule has 0 aromatic carbocycles. The first-order valence-electron chi connectivity index (χ1n) is 6.96. The van der Waals surface area contributed by atoms with Gasteiger partial charge in [-0.05, 0) is 37.1 Å². The number of likely N-dealkylation sites (tertiary alicyclic amines) is 1. The topological polar surface area (TPSA) is 86.6 Å². The van der Waals surface area contributed by atoms with Crippen LogP contribution in [0.1, 0.15) is 23.3 Å². The molecule has 2 aromatic heterocycles. The molecule has 0 atom stereocenters. The van der Waals surface area contributed by atoms with E-state index < -0.39 is 5.60 Å². The minimum Gasteiger partial charge on any atom is -0.393 e. The van der Waals surface area contributed by atoms with Gasteiger partial charge in [0.15, 0.2) is 5.65 Å². The Bertz CT molecular complexity index is 666. The number of aliphatic hydroxyl groups excluding tert-OH is 1. The molecular weight excluding hydrogens is 270 g/mol. The molecular formula is C15H17N3O3. The van der Waals surface area contributed by atoms with Crippen molar-refractivity contribution in [2.24, 2.45) is 0 Å². The van der Waals surface area contributed by atoms with Crippen LogP contribution in [0, 0.1) is 0 Å². The zero-order valence-corrected chi connectivity index (χ0v) is 11.6. The first kappa shape index (κ1) is 13.9. The number of pyridine rings is 2. The van der Waals surface area contributed by atoms with Gasteiger partial charge >= 0.3 is 0 Å². The second-order valence-electron chi connectivity index (χ2n) is 5.42. The fourth-order valence-corrected chi connectivity index (χ4v) is 2.52. The third-order valence-corrected chi connectivity index (χ3v) is 3.96. The summed E-state index contributed by atoms with van der Waals surface area (Å²) < 4.78 is 0. The molecule has 1 aliphatic rings. The van der Waals surface area contributed by atoms with Crippen LogP contribution in [-0.4, -0.2) is 56.3 Å². The SMILES string of the molecule is O=C(c1ccc2cccnc2n1)N1CCC(O)(CO)CC1. The Hall–Kier alpha value is -2.05. The first-order chi connectivity index (χ1) is 10.1. The summed E-state index contributed by atoms with van der Waals surface area (Å²) in [6, 6.07) is 7.24. The molecule has 6 heteroatoms. The summed E-state index contributed by atoms with van der Waals surface area (Å²) in [5.74, 6) is -0.164. The molecule has 3 rings (SSSR count). The highest BCUT2D eigenvalue weighted by atomic mass is 16.3. The Labute approximate surface area is 122 Å². The number of hydrogen-bond acceptors (Lipinski definition) is 5. The maximum atomic E-state index is 12.4. The van der Waals surface area contributed by atoms with Crippen LogP contribution in [-0.2, 0) is 0 Å². The van der Waals surface area contributed by atoms with Crippen molar-refractivity contribution in [2.45, 2.75) is 18.4 Å². The lowest BCUT2D eigenvalue weighted by atomic mass is 9.92. The van der Waals surface area contributed by atoms with Crippen LogP contribution in [0.25, 0.3) is 11.0 Å². The lowest BCUT2D eigenvalue weighted by Crippen LogP contribution is -2.48. The molecule has 110 valence electrons. The smallest absolute Gasteiger partial charge is 0.272 e. The van der Waals surface area contributed by atoms with E-state index in [2.05, 4.69) is 9.97 Å². The molecule has 0 spiro atoms. The Balaban J connectivity index is 1.78. The van der Waals surface area contributed by atoms with E-state index in [4.69, 9.17) is 5.11 Å². The first-order valence-corrected chi connectivity index (χ1v) is 6.96. The largest absolute Gasteiger partial charge is 0.393 e. The third kappa shape index (κ3) is 2.72. The number of aliphatic hydroxyl groups is 2. The Morgan fingerprint density at radius 3 is 2.76 bits per heavy atom. The molecule has 0 saturated carbocycles. The summed E-state index contributed by atoms with van der Waals surface area (Å²) in [4.78, 5) is 22.5. The lowest BCUT2D eigenvalue weighted by Gasteiger charge is -2.36. The number of rotatable bonds is 2. The summed E-state index contributed by atoms with van der Waals surface area (Å²) in [6.07, 6.45) is 2.40. The highest BCUT2D eigenvalue weighted by Crippen LogP contribution is 2.22. The highest BCUT2D eigenvalue weighted by molar-refractivity contribution is 5.94. The van der Waals surface area contributed by atoms with Crippen molar-refractivity contribution < 1.29 is 15.0 Å². The number of carbonyl (C=O) groups is 1. The minimum absolute atomic E-state index is 0.164. The predicted octanol–water partition coefficient (Wildman–Crippen LogP) is 0.589. The summed E-state index contributed by atoms with van der Waals surface area (Å²) in [5, 5.41) is 20.0. The van der Waals surface area contributed by atoms with E-state index in [0.29, 0.717) is 37.3 Å². The van der Waals surface area contributed by atoms with Gasteiger partial charge in [-0.2, -0.15) is 0 Å². The van der Waals surface area contributed by atoms with E-state index in [-0.39, 0.29) is 12.5 Å². The number of amides is 1. The van der Waals surface area contributed by atoms with Crippen molar-refractivity contribution in [3.8, 4) is 0 Å². The lowest BCUT2D eigenvalue weighted by molar-refractivity contribution is -0.0546. The van der Waals surface area contributed by atoms with Gasteiger partial charge in [-0.3, -0.25) is 4.79 Å². The summed E-state index contributed by atoms with van der Waals surface area (Å²) in [7, 11) is 0. The molecule has 2 aromatic rings. The van der Waals surface area contributed by atoms with Crippen molar-refractivity contribution in [2.75, 3.05) is 19.7 Å². The maximum Gasteiger partial charge on any atom is 0.272 e. The third-order valence-electron chi connectivity index (χ3n) is 3.96. The molecule has 6 nitrogen and oxygen atoms in total. The molecule has 0 unspecified atom stereocenters. The van der Waals surface area contributed by atoms with Crippen molar-refractivity contribution in [1.82, 2.24) is 14.9 Å². The average Bonchev–Trinajstić information content (AvgIpc) is 2.54. The van der Waals surface area contributed by atoms with E-state index in [1.807, 2.05) is 18.2 Å². The number of aromatic nitrogens is 2. The zero-order chi connectivity index (χ0) is 14.9. The molecule has 3 heterocycles. The van der Waals surface area contributed by atoms with Gasteiger partial charge < -0.3 is 15.1 Å². The molecule has 0 bridgehead atoms. The molecule has 1 fully saturated rings. The molecule has 1 aliphatic heterocycles. The second-order valence-corrected chi connectivity index (χ2v) is 5.42. The molecule has 0 aliphatic carbocycles. The van der Waals surface area contributed by atoms with Gasteiger partial charge in [-0.15, -0.1) is 0 Å². The summed E-state index contributed by atoms with van der Waals surface area (Å²) >= 11 is 0. The molecule has 21 heavy (non-hydrogen) atoms. The van der Waals surface area contributed by atoms with Gasteiger partial charge in [0, 0.05) is 24.7 Å². The number of nitrogens with zero attached hydrogens (tertiary/aromatic N) is 3. The van der Waals surface area contributed by atoms with Crippen LogP contribution in [0.5, 0.6) is 0 Å². The Morgan fingerprint density at radius 2 is 2.05 bits per heavy atom. The van der Waals surface area contributed by atoms with Crippen LogP contribution in [0.4, 0.5) is 0 Å². The van der Waals surface area contributed by atoms with Gasteiger partial charge in [-0.25, -0.2) is 9.97 Å². The van der Waals surface area contributed by atoms with Crippen molar-refractivity contribution >= 4 is 16.9 Å². The number of hydrogen-bond donors (Lipinski definition) is 2. The van der Waals surface area contributed by atoms with Crippen LogP contribution < -0.4 is 0 Å². The van der Waals surface area contributed by atoms with E-state index in [1.165, 1.54) is 0 Å². The van der Waals surface area contributed by atoms with Crippen LogP contribution in [0.2, 0.25) is 0 Å². The van der Waals surface area contributed by atoms with E-state index in [9.17, 15) is 9.90 Å². The van der Waals surface area contributed by atoms with Crippen LogP contribution >= 0.6 is 0 Å². The second kappa shape index (κ2) is 5.38. The van der Waals surface area contributed by atoms with Gasteiger partial charge in [0.1, 0.15) is 5.69 Å². The Morgan fingerprint density at radius 1 is 1.29 bits per heavy atom. The number of carbonyl (C=O) groups excluding carboxylic acids is 1. The van der Waals surface area contributed by atoms with Gasteiger partial charge in [0.2, 0.25) is 0 Å². The molecule has 1 amide bonds. The maximum absolute atomic E-state index is 12.4. The predicted molar refractivity (Wildman–Crippen MR) is 76.7 cm³/mol. The normalized spacial score (nSPS) is 17.9. The van der Waals surface area contributed by atoms with Crippen molar-refractivity contribution in [3.05, 3.63) is 36.2 Å². The highest BCUT2D eigenvalue weighted by Gasteiger charge is 2.33. The van der Waals surface area contributed by atoms with Gasteiger partial charge in [-0.1, -0.05) is 0 Å². The summed E-state index contributed by atoms with van der Waals surface area (Å²) in [6.45, 7) is 0.558. The standard InChI is InChI=1S/C15H17N3O3/c19-10-15(21)5-8-18(9-6-15)14(20)12-4-3-11-2-1-7-16-13(11)17-12/h1-4,7,19,21H,5-6,8-10H2. The zero-order valence-electron chi connectivity index (χ0n) is 11.6. The van der Waals surface area contributed by atoms with E-state index in [0.717, 1.165) is 5.39 Å². The fraction of sp³-hybridized carbons (Fsp3) is 0.400. The average molecular weight is 287 g/mol. The van der Waals surface area contributed by atoms with Crippen LogP contribution in [0.15, 0.2) is 30.5 Å². The monoisotopic (exact) mass is 287 g/mol. The fourth-order valence-electron chi connectivity index (χ4n) is 2.52. The van der Waals surface area contributed by atoms with Gasteiger partial charge in [0.05, 0.1) is 12.2 Å². The Kier molecular flexibility index (Phi) is 3.57. The van der Waals surface area contributed by atoms with Crippen molar-refractivity contribution in [3.63, 3.8) is 0 Å².